The summed E-state index contributed by atoms with van der Waals surface area (Å²) in [6, 6.07) is 4.14. The summed E-state index contributed by atoms with van der Waals surface area (Å²) in [7, 11) is 0. The standard InChI is InChI=1S/C12H15NO2/c1-8-9(12(6-13)4-5-12)2-3-10-11(8)15-7-14-10/h2-3H,4-7,13H2,1H3. The van der Waals surface area contributed by atoms with Crippen molar-refractivity contribution in [2.75, 3.05) is 13.3 Å². The first-order valence-electron chi connectivity index (χ1n) is 5.37. The lowest BCUT2D eigenvalue weighted by Gasteiger charge is -2.16. The van der Waals surface area contributed by atoms with Gasteiger partial charge in [0.1, 0.15) is 0 Å². The summed E-state index contributed by atoms with van der Waals surface area (Å²) in [5, 5.41) is 0. The normalized spacial score (nSPS) is 20.4. The van der Waals surface area contributed by atoms with Crippen LogP contribution in [-0.2, 0) is 5.41 Å². The van der Waals surface area contributed by atoms with Crippen LogP contribution in [0.1, 0.15) is 24.0 Å². The van der Waals surface area contributed by atoms with Gasteiger partial charge in [0.05, 0.1) is 0 Å². The molecule has 2 N–H and O–H groups in total. The molecule has 0 spiro atoms. The first kappa shape index (κ1) is 9.04. The minimum atomic E-state index is 0.227. The minimum absolute atomic E-state index is 0.227. The Labute approximate surface area is 89.2 Å². The van der Waals surface area contributed by atoms with Crippen molar-refractivity contribution in [2.24, 2.45) is 5.73 Å². The Morgan fingerprint density at radius 2 is 2.13 bits per heavy atom. The van der Waals surface area contributed by atoms with Crippen LogP contribution in [0.15, 0.2) is 12.1 Å². The zero-order chi connectivity index (χ0) is 10.5. The van der Waals surface area contributed by atoms with Crippen LogP contribution in [-0.4, -0.2) is 13.3 Å². The van der Waals surface area contributed by atoms with Gasteiger partial charge in [-0.25, -0.2) is 0 Å². The topological polar surface area (TPSA) is 44.5 Å². The van der Waals surface area contributed by atoms with Gasteiger partial charge in [-0.2, -0.15) is 0 Å². The number of nitrogens with two attached hydrogens (primary N) is 1. The molecule has 0 bridgehead atoms. The van der Waals surface area contributed by atoms with Crippen LogP contribution >= 0.6 is 0 Å². The largest absolute Gasteiger partial charge is 0.454 e. The molecule has 0 amide bonds. The molecule has 0 radical (unpaired) electrons. The molecule has 1 aliphatic carbocycles. The molecule has 1 aliphatic heterocycles. The molecule has 3 rings (SSSR count). The molecule has 1 aromatic rings. The van der Waals surface area contributed by atoms with E-state index in [1.807, 2.05) is 6.07 Å². The lowest BCUT2D eigenvalue weighted by Crippen LogP contribution is -2.20. The van der Waals surface area contributed by atoms with Crippen molar-refractivity contribution in [3.8, 4) is 11.5 Å². The second-order valence-electron chi connectivity index (χ2n) is 4.46. The molecule has 0 aromatic heterocycles. The number of rotatable bonds is 2. The second kappa shape index (κ2) is 2.89. The van der Waals surface area contributed by atoms with Crippen LogP contribution in [0, 0.1) is 6.92 Å². The number of hydrogen-bond donors (Lipinski definition) is 1. The van der Waals surface area contributed by atoms with Gasteiger partial charge in [0.25, 0.3) is 0 Å². The summed E-state index contributed by atoms with van der Waals surface area (Å²) in [6.45, 7) is 3.17. The van der Waals surface area contributed by atoms with Crippen LogP contribution in [0.3, 0.4) is 0 Å². The fourth-order valence-corrected chi connectivity index (χ4v) is 2.42. The van der Waals surface area contributed by atoms with E-state index < -0.39 is 0 Å². The van der Waals surface area contributed by atoms with Gasteiger partial charge in [-0.15, -0.1) is 0 Å². The van der Waals surface area contributed by atoms with E-state index in [4.69, 9.17) is 15.2 Å². The van der Waals surface area contributed by atoms with Crippen molar-refractivity contribution in [3.63, 3.8) is 0 Å². The predicted octanol–water partition coefficient (Wildman–Crippen LogP) is 1.71. The zero-order valence-electron chi connectivity index (χ0n) is 8.88. The van der Waals surface area contributed by atoms with Crippen molar-refractivity contribution in [2.45, 2.75) is 25.2 Å². The Morgan fingerprint density at radius 3 is 2.80 bits per heavy atom. The van der Waals surface area contributed by atoms with Crippen LogP contribution in [0.25, 0.3) is 0 Å². The van der Waals surface area contributed by atoms with E-state index in [2.05, 4.69) is 13.0 Å². The van der Waals surface area contributed by atoms with Gasteiger partial charge in [-0.05, 0) is 37.0 Å². The first-order chi connectivity index (χ1) is 7.27. The SMILES string of the molecule is Cc1c(C2(CN)CC2)ccc2c1OCO2. The van der Waals surface area contributed by atoms with Gasteiger partial charge in [-0.3, -0.25) is 0 Å². The van der Waals surface area contributed by atoms with Gasteiger partial charge in [-0.1, -0.05) is 6.07 Å². The molecule has 0 unspecified atom stereocenters. The average Bonchev–Trinajstić information content (AvgIpc) is 2.89. The molecule has 0 atom stereocenters. The third-order valence-corrected chi connectivity index (χ3v) is 3.60. The fraction of sp³-hybridized carbons (Fsp3) is 0.500. The molecule has 15 heavy (non-hydrogen) atoms. The molecule has 80 valence electrons. The highest BCUT2D eigenvalue weighted by Gasteiger charge is 2.44. The molecule has 3 nitrogen and oxygen atoms in total. The Morgan fingerprint density at radius 1 is 1.33 bits per heavy atom. The van der Waals surface area contributed by atoms with Crippen molar-refractivity contribution >= 4 is 0 Å². The van der Waals surface area contributed by atoms with Gasteiger partial charge in [0, 0.05) is 12.0 Å². The maximum atomic E-state index is 5.84. The summed E-state index contributed by atoms with van der Waals surface area (Å²) in [5.74, 6) is 1.77. The Kier molecular flexibility index (Phi) is 1.74. The predicted molar refractivity (Wildman–Crippen MR) is 57.3 cm³/mol. The van der Waals surface area contributed by atoms with E-state index in [0.717, 1.165) is 18.0 Å². The quantitative estimate of drug-likeness (QED) is 0.799. The maximum Gasteiger partial charge on any atom is 0.231 e. The third-order valence-electron chi connectivity index (χ3n) is 3.60. The molecule has 1 heterocycles. The van der Waals surface area contributed by atoms with Gasteiger partial charge >= 0.3 is 0 Å². The fourth-order valence-electron chi connectivity index (χ4n) is 2.42. The van der Waals surface area contributed by atoms with E-state index >= 15 is 0 Å². The molecule has 1 saturated carbocycles. The summed E-state index contributed by atoms with van der Waals surface area (Å²) < 4.78 is 10.8. The number of ether oxygens (including phenoxy) is 2. The Hall–Kier alpha value is -1.22. The number of hydrogen-bond acceptors (Lipinski definition) is 3. The monoisotopic (exact) mass is 205 g/mol. The summed E-state index contributed by atoms with van der Waals surface area (Å²) in [5.41, 5.74) is 8.61. The van der Waals surface area contributed by atoms with Crippen molar-refractivity contribution in [3.05, 3.63) is 23.3 Å². The number of benzene rings is 1. The van der Waals surface area contributed by atoms with Gasteiger partial charge in [0.15, 0.2) is 11.5 Å². The molecule has 3 heteroatoms. The van der Waals surface area contributed by atoms with E-state index in [-0.39, 0.29) is 5.41 Å². The molecule has 0 saturated heterocycles. The van der Waals surface area contributed by atoms with E-state index in [1.54, 1.807) is 0 Å². The van der Waals surface area contributed by atoms with E-state index in [1.165, 1.54) is 24.0 Å². The van der Waals surface area contributed by atoms with Crippen LogP contribution in [0.2, 0.25) is 0 Å². The highest BCUT2D eigenvalue weighted by molar-refractivity contribution is 5.54. The van der Waals surface area contributed by atoms with E-state index in [0.29, 0.717) is 6.79 Å². The molecular formula is C12H15NO2. The van der Waals surface area contributed by atoms with Crippen LogP contribution < -0.4 is 15.2 Å². The molecule has 1 aromatic carbocycles. The first-order valence-corrected chi connectivity index (χ1v) is 5.37. The molecular weight excluding hydrogens is 190 g/mol. The van der Waals surface area contributed by atoms with E-state index in [9.17, 15) is 0 Å². The maximum absolute atomic E-state index is 5.84. The molecule has 2 aliphatic rings. The smallest absolute Gasteiger partial charge is 0.231 e. The van der Waals surface area contributed by atoms with Gasteiger partial charge in [0.2, 0.25) is 6.79 Å². The highest BCUT2D eigenvalue weighted by atomic mass is 16.7. The van der Waals surface area contributed by atoms with Crippen LogP contribution in [0.4, 0.5) is 0 Å². The lowest BCUT2D eigenvalue weighted by molar-refractivity contribution is 0.173. The lowest BCUT2D eigenvalue weighted by atomic mass is 9.91. The zero-order valence-corrected chi connectivity index (χ0v) is 8.88. The van der Waals surface area contributed by atoms with Crippen LogP contribution in [0.5, 0.6) is 11.5 Å². The van der Waals surface area contributed by atoms with Gasteiger partial charge < -0.3 is 15.2 Å². The highest BCUT2D eigenvalue weighted by Crippen LogP contribution is 2.51. The summed E-state index contributed by atoms with van der Waals surface area (Å²) in [4.78, 5) is 0. The van der Waals surface area contributed by atoms with Crippen molar-refractivity contribution < 1.29 is 9.47 Å². The van der Waals surface area contributed by atoms with Crippen molar-refractivity contribution in [1.82, 2.24) is 0 Å². The third kappa shape index (κ3) is 1.16. The number of fused-ring (bicyclic) bond motifs is 1. The second-order valence-corrected chi connectivity index (χ2v) is 4.46. The Balaban J connectivity index is 2.10. The van der Waals surface area contributed by atoms with Crippen molar-refractivity contribution in [1.29, 1.82) is 0 Å². The molecule has 1 fully saturated rings. The summed E-state index contributed by atoms with van der Waals surface area (Å²) >= 11 is 0. The minimum Gasteiger partial charge on any atom is -0.454 e. The average molecular weight is 205 g/mol. The summed E-state index contributed by atoms with van der Waals surface area (Å²) in [6.07, 6.45) is 2.40. The Bertz CT molecular complexity index is 410.